The highest BCUT2D eigenvalue weighted by molar-refractivity contribution is 5.95. The van der Waals surface area contributed by atoms with Gasteiger partial charge in [0.25, 0.3) is 0 Å². The highest BCUT2D eigenvalue weighted by atomic mass is 35.5. The monoisotopic (exact) mass is 316 g/mol. The van der Waals surface area contributed by atoms with Gasteiger partial charge in [-0.25, -0.2) is 4.79 Å². The van der Waals surface area contributed by atoms with Gasteiger partial charge in [0.05, 0.1) is 0 Å². The van der Waals surface area contributed by atoms with Crippen LogP contribution in [0.3, 0.4) is 0 Å². The van der Waals surface area contributed by atoms with Crippen LogP contribution in [0.1, 0.15) is 5.56 Å². The molecule has 3 N–H and O–H groups in total. The summed E-state index contributed by atoms with van der Waals surface area (Å²) in [6.07, 6.45) is 0. The molecule has 0 aliphatic heterocycles. The lowest BCUT2D eigenvalue weighted by atomic mass is 10.2. The van der Waals surface area contributed by atoms with Crippen molar-refractivity contribution in [2.75, 3.05) is 0 Å². The number of fused-ring (bicyclic) bond motifs is 1. The number of hydrogen-bond acceptors (Lipinski definition) is 4. The Morgan fingerprint density at radius 2 is 1.64 bits per heavy atom. The van der Waals surface area contributed by atoms with Crippen LogP contribution in [0.2, 0.25) is 0 Å². The lowest BCUT2D eigenvalue weighted by Gasteiger charge is -2.07. The molecule has 6 heteroatoms. The van der Waals surface area contributed by atoms with E-state index in [9.17, 15) is 4.79 Å². The standard InChI is InChI=1S/C16H12N2O3.ClH/c17-16(18)11-2-5-12(6-3-11)20-13-7-1-10-4-8-15(19)21-14(10)9-13;/h1-9H,(H3,17,18);1H. The highest BCUT2D eigenvalue weighted by Gasteiger charge is 2.03. The molecular formula is C16H13ClN2O3. The second-order valence-corrected chi connectivity index (χ2v) is 4.49. The van der Waals surface area contributed by atoms with E-state index < -0.39 is 5.63 Å². The summed E-state index contributed by atoms with van der Waals surface area (Å²) in [6.45, 7) is 0. The topological polar surface area (TPSA) is 89.3 Å². The van der Waals surface area contributed by atoms with E-state index in [1.54, 1.807) is 42.5 Å². The average molecular weight is 317 g/mol. The minimum Gasteiger partial charge on any atom is -0.457 e. The van der Waals surface area contributed by atoms with Crippen molar-refractivity contribution in [2.45, 2.75) is 0 Å². The number of ether oxygens (including phenoxy) is 1. The van der Waals surface area contributed by atoms with Gasteiger partial charge in [-0.15, -0.1) is 12.4 Å². The average Bonchev–Trinajstić information content (AvgIpc) is 2.47. The normalized spacial score (nSPS) is 10.0. The third kappa shape index (κ3) is 3.27. The molecule has 0 atom stereocenters. The second-order valence-electron chi connectivity index (χ2n) is 4.49. The molecule has 2 aromatic carbocycles. The fraction of sp³-hybridized carbons (Fsp3) is 0. The second kappa shape index (κ2) is 6.32. The molecule has 1 aromatic heterocycles. The van der Waals surface area contributed by atoms with Gasteiger partial charge in [-0.05, 0) is 42.5 Å². The van der Waals surface area contributed by atoms with E-state index in [1.165, 1.54) is 6.07 Å². The molecule has 3 rings (SSSR count). The molecule has 1 heterocycles. The number of rotatable bonds is 3. The third-order valence-electron chi connectivity index (χ3n) is 3.00. The summed E-state index contributed by atoms with van der Waals surface area (Å²) < 4.78 is 10.8. The molecule has 0 radical (unpaired) electrons. The zero-order chi connectivity index (χ0) is 14.8. The molecule has 0 aliphatic rings. The lowest BCUT2D eigenvalue weighted by Crippen LogP contribution is -2.10. The first-order valence-electron chi connectivity index (χ1n) is 6.28. The summed E-state index contributed by atoms with van der Waals surface area (Å²) in [5.74, 6) is 1.18. The van der Waals surface area contributed by atoms with Gasteiger partial charge in [-0.2, -0.15) is 0 Å². The predicted octanol–water partition coefficient (Wildman–Crippen LogP) is 3.29. The zero-order valence-electron chi connectivity index (χ0n) is 11.4. The molecule has 0 fully saturated rings. The van der Waals surface area contributed by atoms with Gasteiger partial charge in [0.2, 0.25) is 0 Å². The maximum Gasteiger partial charge on any atom is 0.336 e. The van der Waals surface area contributed by atoms with Gasteiger partial charge in [-0.1, -0.05) is 0 Å². The van der Waals surface area contributed by atoms with Gasteiger partial charge < -0.3 is 14.9 Å². The molecule has 0 saturated heterocycles. The highest BCUT2D eigenvalue weighted by Crippen LogP contribution is 2.25. The number of amidine groups is 1. The predicted molar refractivity (Wildman–Crippen MR) is 87.3 cm³/mol. The van der Waals surface area contributed by atoms with Crippen molar-refractivity contribution in [3.63, 3.8) is 0 Å². The number of nitrogens with one attached hydrogen (secondary N) is 1. The van der Waals surface area contributed by atoms with Gasteiger partial charge in [0, 0.05) is 23.1 Å². The van der Waals surface area contributed by atoms with E-state index in [2.05, 4.69) is 0 Å². The van der Waals surface area contributed by atoms with Crippen LogP contribution in [0.25, 0.3) is 11.0 Å². The van der Waals surface area contributed by atoms with Crippen molar-refractivity contribution >= 4 is 29.2 Å². The van der Waals surface area contributed by atoms with E-state index in [1.807, 2.05) is 6.07 Å². The van der Waals surface area contributed by atoms with E-state index >= 15 is 0 Å². The van der Waals surface area contributed by atoms with Gasteiger partial charge in [-0.3, -0.25) is 5.41 Å². The number of nitrogens with two attached hydrogens (primary N) is 1. The lowest BCUT2D eigenvalue weighted by molar-refractivity contribution is 0.480. The summed E-state index contributed by atoms with van der Waals surface area (Å²) in [6, 6.07) is 15.2. The summed E-state index contributed by atoms with van der Waals surface area (Å²) in [4.78, 5) is 11.2. The molecule has 0 unspecified atom stereocenters. The fourth-order valence-electron chi connectivity index (χ4n) is 1.94. The maximum atomic E-state index is 11.2. The quantitative estimate of drug-likeness (QED) is 0.441. The minimum absolute atomic E-state index is 0. The van der Waals surface area contributed by atoms with Gasteiger partial charge in [0.15, 0.2) is 0 Å². The van der Waals surface area contributed by atoms with Crippen molar-refractivity contribution in [1.29, 1.82) is 5.41 Å². The summed E-state index contributed by atoms with van der Waals surface area (Å²) >= 11 is 0. The summed E-state index contributed by atoms with van der Waals surface area (Å²) in [5.41, 5.74) is 6.10. The van der Waals surface area contributed by atoms with Gasteiger partial charge in [0.1, 0.15) is 22.9 Å². The largest absolute Gasteiger partial charge is 0.457 e. The van der Waals surface area contributed by atoms with Crippen LogP contribution in [0.4, 0.5) is 0 Å². The number of halogens is 1. The molecule has 5 nitrogen and oxygen atoms in total. The fourth-order valence-corrected chi connectivity index (χ4v) is 1.94. The van der Waals surface area contributed by atoms with Crippen molar-refractivity contribution in [1.82, 2.24) is 0 Å². The molecule has 0 aliphatic carbocycles. The molecule has 0 amide bonds. The van der Waals surface area contributed by atoms with Crippen LogP contribution in [-0.2, 0) is 0 Å². The van der Waals surface area contributed by atoms with Crippen molar-refractivity contribution in [3.05, 3.63) is 70.6 Å². The molecular weight excluding hydrogens is 304 g/mol. The Labute approximate surface area is 132 Å². The van der Waals surface area contributed by atoms with Crippen LogP contribution in [0.5, 0.6) is 11.5 Å². The first-order valence-corrected chi connectivity index (χ1v) is 6.28. The van der Waals surface area contributed by atoms with Crippen LogP contribution in [0.15, 0.2) is 63.8 Å². The first kappa shape index (κ1) is 15.6. The maximum absolute atomic E-state index is 11.2. The number of nitrogen functional groups attached to an aromatic ring is 1. The van der Waals surface area contributed by atoms with Crippen LogP contribution in [-0.4, -0.2) is 5.84 Å². The first-order chi connectivity index (χ1) is 10.1. The molecule has 0 spiro atoms. The Morgan fingerprint density at radius 3 is 2.32 bits per heavy atom. The van der Waals surface area contributed by atoms with Crippen LogP contribution < -0.4 is 16.1 Å². The molecule has 112 valence electrons. The van der Waals surface area contributed by atoms with E-state index in [0.29, 0.717) is 22.6 Å². The van der Waals surface area contributed by atoms with Crippen LogP contribution >= 0.6 is 12.4 Å². The van der Waals surface area contributed by atoms with E-state index in [4.69, 9.17) is 20.3 Å². The van der Waals surface area contributed by atoms with E-state index in [0.717, 1.165) is 5.39 Å². The van der Waals surface area contributed by atoms with E-state index in [-0.39, 0.29) is 18.2 Å². The summed E-state index contributed by atoms with van der Waals surface area (Å²) in [7, 11) is 0. The SMILES string of the molecule is Cl.N=C(N)c1ccc(Oc2ccc3ccc(=O)oc3c2)cc1. The molecule has 0 bridgehead atoms. The Balaban J connectivity index is 0.00000176. The Hall–Kier alpha value is -2.79. The molecule has 0 saturated carbocycles. The zero-order valence-corrected chi connectivity index (χ0v) is 12.2. The Morgan fingerprint density at radius 1 is 1.00 bits per heavy atom. The number of benzene rings is 2. The minimum atomic E-state index is -0.398. The Bertz CT molecular complexity index is 872. The third-order valence-corrected chi connectivity index (χ3v) is 3.00. The van der Waals surface area contributed by atoms with Gasteiger partial charge >= 0.3 is 5.63 Å². The van der Waals surface area contributed by atoms with Crippen molar-refractivity contribution < 1.29 is 9.15 Å². The van der Waals surface area contributed by atoms with Crippen molar-refractivity contribution in [3.8, 4) is 11.5 Å². The molecule has 22 heavy (non-hydrogen) atoms. The molecule has 3 aromatic rings. The van der Waals surface area contributed by atoms with Crippen LogP contribution in [0, 0.1) is 5.41 Å². The summed E-state index contributed by atoms with van der Waals surface area (Å²) in [5, 5.41) is 8.16. The number of hydrogen-bond donors (Lipinski definition) is 2. The van der Waals surface area contributed by atoms with Crippen molar-refractivity contribution in [2.24, 2.45) is 5.73 Å². The Kier molecular flexibility index (Phi) is 4.48. The smallest absolute Gasteiger partial charge is 0.336 e.